The number of hydrogen-bond donors (Lipinski definition) is 0. The van der Waals surface area contributed by atoms with E-state index in [1.807, 2.05) is 4.90 Å². The van der Waals surface area contributed by atoms with E-state index in [9.17, 15) is 4.79 Å². The first-order chi connectivity index (χ1) is 13.0. The maximum Gasteiger partial charge on any atom is 0.494 e. The lowest BCUT2D eigenvalue weighted by Crippen LogP contribution is -2.50. The Hall–Kier alpha value is -1.37. The van der Waals surface area contributed by atoms with Gasteiger partial charge in [0.1, 0.15) is 0 Å². The minimum absolute atomic E-state index is 0.223. The Morgan fingerprint density at radius 1 is 1.11 bits per heavy atom. The summed E-state index contributed by atoms with van der Waals surface area (Å²) in [5, 5.41) is 0. The molecule has 1 aromatic carbocycles. The van der Waals surface area contributed by atoms with E-state index < -0.39 is 0 Å². The van der Waals surface area contributed by atoms with Gasteiger partial charge in [-0.3, -0.25) is 9.69 Å². The average molecular weight is 386 g/mol. The molecule has 0 spiro atoms. The number of carbonyl (C=O) groups excluding carboxylic acids is 1. The Labute approximate surface area is 170 Å². The molecule has 0 saturated carbocycles. The molecule has 28 heavy (non-hydrogen) atoms. The summed E-state index contributed by atoms with van der Waals surface area (Å²) in [6.07, 6.45) is 0. The van der Waals surface area contributed by atoms with E-state index in [0.717, 1.165) is 25.1 Å². The van der Waals surface area contributed by atoms with Gasteiger partial charge in [0.2, 0.25) is 5.91 Å². The van der Waals surface area contributed by atoms with E-state index >= 15 is 0 Å². The van der Waals surface area contributed by atoms with E-state index in [4.69, 9.17) is 9.31 Å². The zero-order valence-electron chi connectivity index (χ0n) is 18.5. The number of piperazine rings is 1. The third-order valence-electron chi connectivity index (χ3n) is 6.27. The van der Waals surface area contributed by atoms with Crippen LogP contribution in [0.1, 0.15) is 52.7 Å². The molecule has 0 unspecified atom stereocenters. The molecule has 154 valence electrons. The van der Waals surface area contributed by atoms with Gasteiger partial charge in [-0.15, -0.1) is 0 Å². The van der Waals surface area contributed by atoms with E-state index in [2.05, 4.69) is 71.6 Å². The normalized spacial score (nSPS) is 22.4. The van der Waals surface area contributed by atoms with Crippen LogP contribution in [0.2, 0.25) is 0 Å². The van der Waals surface area contributed by atoms with Crippen LogP contribution in [0.25, 0.3) is 0 Å². The molecule has 1 amide bonds. The van der Waals surface area contributed by atoms with Gasteiger partial charge in [0.05, 0.1) is 17.7 Å². The Kier molecular flexibility index (Phi) is 5.95. The molecule has 0 radical (unpaired) electrons. The minimum Gasteiger partial charge on any atom is -0.399 e. The zero-order valence-corrected chi connectivity index (χ0v) is 18.5. The van der Waals surface area contributed by atoms with Gasteiger partial charge < -0.3 is 14.2 Å². The van der Waals surface area contributed by atoms with Crippen LogP contribution in [0.4, 0.5) is 0 Å². The molecule has 2 heterocycles. The third-order valence-corrected chi connectivity index (χ3v) is 6.27. The summed E-state index contributed by atoms with van der Waals surface area (Å²) < 4.78 is 12.3. The summed E-state index contributed by atoms with van der Waals surface area (Å²) >= 11 is 0. The van der Waals surface area contributed by atoms with Gasteiger partial charge in [0, 0.05) is 26.2 Å². The lowest BCUT2D eigenvalue weighted by molar-refractivity contribution is -0.136. The predicted molar refractivity (Wildman–Crippen MR) is 114 cm³/mol. The van der Waals surface area contributed by atoms with Crippen molar-refractivity contribution in [3.8, 4) is 0 Å². The van der Waals surface area contributed by atoms with Gasteiger partial charge in [0.15, 0.2) is 0 Å². The Balaban J connectivity index is 1.65. The Morgan fingerprint density at radius 3 is 2.29 bits per heavy atom. The summed E-state index contributed by atoms with van der Waals surface area (Å²) in [5.41, 5.74) is 2.71. The molecule has 0 atom stereocenters. The van der Waals surface area contributed by atoms with Crippen LogP contribution in [-0.2, 0) is 20.6 Å². The van der Waals surface area contributed by atoms with Gasteiger partial charge in [-0.2, -0.15) is 0 Å². The van der Waals surface area contributed by atoms with Crippen LogP contribution in [0.3, 0.4) is 0 Å². The lowest BCUT2D eigenvalue weighted by Gasteiger charge is -2.35. The molecular weight excluding hydrogens is 351 g/mol. The second-order valence-corrected chi connectivity index (χ2v) is 9.72. The molecule has 1 aromatic rings. The highest BCUT2D eigenvalue weighted by Gasteiger charge is 2.51. The maximum atomic E-state index is 12.6. The molecule has 0 aromatic heterocycles. The molecule has 3 rings (SSSR count). The van der Waals surface area contributed by atoms with Crippen LogP contribution in [0.5, 0.6) is 0 Å². The zero-order chi connectivity index (χ0) is 20.7. The molecule has 2 aliphatic rings. The highest BCUT2D eigenvalue weighted by atomic mass is 16.7. The van der Waals surface area contributed by atoms with Crippen molar-refractivity contribution in [1.82, 2.24) is 9.80 Å². The number of amides is 1. The second kappa shape index (κ2) is 7.81. The summed E-state index contributed by atoms with van der Waals surface area (Å²) in [7, 11) is -0.348. The molecule has 6 heteroatoms. The van der Waals surface area contributed by atoms with Crippen LogP contribution in [0, 0.1) is 12.8 Å². The van der Waals surface area contributed by atoms with Gasteiger partial charge >= 0.3 is 7.12 Å². The Morgan fingerprint density at radius 2 is 1.75 bits per heavy atom. The lowest BCUT2D eigenvalue weighted by atomic mass is 9.78. The molecule has 2 aliphatic heterocycles. The largest absolute Gasteiger partial charge is 0.494 e. The van der Waals surface area contributed by atoms with Crippen molar-refractivity contribution in [2.75, 3.05) is 26.2 Å². The molecule has 2 saturated heterocycles. The van der Waals surface area contributed by atoms with Crippen molar-refractivity contribution in [2.24, 2.45) is 5.92 Å². The summed E-state index contributed by atoms with van der Waals surface area (Å²) in [4.78, 5) is 16.8. The first-order valence-corrected chi connectivity index (χ1v) is 10.4. The fraction of sp³-hybridized carbons (Fsp3) is 0.682. The van der Waals surface area contributed by atoms with E-state index in [0.29, 0.717) is 19.0 Å². The molecule has 5 nitrogen and oxygen atoms in total. The third kappa shape index (κ3) is 4.45. The van der Waals surface area contributed by atoms with Gasteiger partial charge in [-0.05, 0) is 57.1 Å². The van der Waals surface area contributed by atoms with Crippen molar-refractivity contribution < 1.29 is 14.1 Å². The maximum absolute atomic E-state index is 12.6. The number of benzene rings is 1. The number of aryl methyl sites for hydroxylation is 1. The fourth-order valence-electron chi connectivity index (χ4n) is 3.82. The molecule has 2 fully saturated rings. The summed E-state index contributed by atoms with van der Waals surface area (Å²) in [6.45, 7) is 18.7. The molecule has 0 bridgehead atoms. The Bertz CT molecular complexity index is 716. The monoisotopic (exact) mass is 386 g/mol. The fourth-order valence-corrected chi connectivity index (χ4v) is 3.82. The van der Waals surface area contributed by atoms with Gasteiger partial charge in [-0.25, -0.2) is 0 Å². The highest BCUT2D eigenvalue weighted by Crippen LogP contribution is 2.36. The quantitative estimate of drug-likeness (QED) is 0.730. The summed E-state index contributed by atoms with van der Waals surface area (Å²) in [5.74, 6) is 0.811. The summed E-state index contributed by atoms with van der Waals surface area (Å²) in [6, 6.07) is 6.32. The van der Waals surface area contributed by atoms with Crippen LogP contribution in [-0.4, -0.2) is 60.2 Å². The molecule has 0 N–H and O–H groups in total. The predicted octanol–water partition coefficient (Wildman–Crippen LogP) is 2.59. The van der Waals surface area contributed by atoms with E-state index in [-0.39, 0.29) is 24.2 Å². The SMILES string of the molecule is Cc1cc(B2OC(C)(C)C(C)(C)O2)ccc1CN1CCN(CC(C)C)CC1=O. The number of carbonyl (C=O) groups is 1. The van der Waals surface area contributed by atoms with Crippen LogP contribution < -0.4 is 5.46 Å². The highest BCUT2D eigenvalue weighted by molar-refractivity contribution is 6.62. The van der Waals surface area contributed by atoms with Crippen molar-refractivity contribution in [2.45, 2.75) is 66.2 Å². The molecular formula is C22H35BN2O3. The van der Waals surface area contributed by atoms with E-state index in [1.54, 1.807) is 0 Å². The number of nitrogens with zero attached hydrogens (tertiary/aromatic N) is 2. The van der Waals surface area contributed by atoms with Crippen molar-refractivity contribution in [1.29, 1.82) is 0 Å². The molecule has 0 aliphatic carbocycles. The second-order valence-electron chi connectivity index (χ2n) is 9.72. The van der Waals surface area contributed by atoms with Crippen molar-refractivity contribution in [3.05, 3.63) is 29.3 Å². The van der Waals surface area contributed by atoms with Gasteiger partial charge in [-0.1, -0.05) is 32.0 Å². The van der Waals surface area contributed by atoms with Crippen LogP contribution in [0.15, 0.2) is 18.2 Å². The number of hydrogen-bond acceptors (Lipinski definition) is 4. The minimum atomic E-state index is -0.348. The van der Waals surface area contributed by atoms with Crippen molar-refractivity contribution >= 4 is 18.5 Å². The topological polar surface area (TPSA) is 42.0 Å². The van der Waals surface area contributed by atoms with Crippen molar-refractivity contribution in [3.63, 3.8) is 0 Å². The first-order valence-electron chi connectivity index (χ1n) is 10.4. The van der Waals surface area contributed by atoms with Gasteiger partial charge in [0.25, 0.3) is 0 Å². The first kappa shape index (κ1) is 21.3. The van der Waals surface area contributed by atoms with Crippen LogP contribution >= 0.6 is 0 Å². The standard InChI is InChI=1S/C22H35BN2O3/c1-16(2)13-24-10-11-25(20(26)15-24)14-18-8-9-19(12-17(18)3)23-27-21(4,5)22(6,7)28-23/h8-9,12,16H,10-11,13-15H2,1-7H3. The van der Waals surface area contributed by atoms with E-state index in [1.165, 1.54) is 11.1 Å². The average Bonchev–Trinajstić information content (AvgIpc) is 2.79. The number of rotatable bonds is 5. The smallest absolute Gasteiger partial charge is 0.399 e.